The van der Waals surface area contributed by atoms with Crippen molar-refractivity contribution < 1.29 is 19.4 Å². The smallest absolute Gasteiger partial charge is 0.254 e. The number of nitrogens with one attached hydrogen (secondary N) is 1. The van der Waals surface area contributed by atoms with E-state index in [0.29, 0.717) is 18.6 Å². The number of amides is 2. The van der Waals surface area contributed by atoms with Crippen LogP contribution < -0.4 is 5.32 Å². The molecular formula is C15H22N2O4. The number of carbonyl (C=O) groups is 2. The molecule has 6 nitrogen and oxygen atoms in total. The van der Waals surface area contributed by atoms with Crippen LogP contribution in [-0.2, 0) is 9.53 Å². The van der Waals surface area contributed by atoms with Gasteiger partial charge in [0.1, 0.15) is 0 Å². The highest BCUT2D eigenvalue weighted by Crippen LogP contribution is 2.03. The lowest BCUT2D eigenvalue weighted by molar-refractivity contribution is -0.122. The molecule has 21 heavy (non-hydrogen) atoms. The van der Waals surface area contributed by atoms with Crippen LogP contribution in [0.5, 0.6) is 0 Å². The van der Waals surface area contributed by atoms with Crippen LogP contribution in [0.15, 0.2) is 30.3 Å². The van der Waals surface area contributed by atoms with E-state index in [1.807, 2.05) is 6.07 Å². The Morgan fingerprint density at radius 2 is 2.00 bits per heavy atom. The Labute approximate surface area is 124 Å². The minimum Gasteiger partial charge on any atom is -0.396 e. The molecular weight excluding hydrogens is 272 g/mol. The largest absolute Gasteiger partial charge is 0.396 e. The van der Waals surface area contributed by atoms with Gasteiger partial charge in [-0.3, -0.25) is 9.59 Å². The molecule has 0 aliphatic rings. The number of hydrogen-bond acceptors (Lipinski definition) is 4. The van der Waals surface area contributed by atoms with E-state index in [4.69, 9.17) is 9.84 Å². The number of hydrogen-bond donors (Lipinski definition) is 2. The summed E-state index contributed by atoms with van der Waals surface area (Å²) in [7, 11) is 3.11. The van der Waals surface area contributed by atoms with E-state index in [1.165, 1.54) is 12.0 Å². The highest BCUT2D eigenvalue weighted by atomic mass is 16.5. The van der Waals surface area contributed by atoms with Crippen LogP contribution in [-0.4, -0.2) is 61.8 Å². The first-order chi connectivity index (χ1) is 10.1. The number of methoxy groups -OCH3 is 1. The van der Waals surface area contributed by atoms with E-state index >= 15 is 0 Å². The summed E-state index contributed by atoms with van der Waals surface area (Å²) in [5, 5.41) is 11.7. The fourth-order valence-electron chi connectivity index (χ4n) is 1.92. The van der Waals surface area contributed by atoms with Crippen LogP contribution in [0.25, 0.3) is 0 Å². The number of rotatable bonds is 8. The number of carbonyl (C=O) groups excluding carboxylic acids is 2. The van der Waals surface area contributed by atoms with Crippen molar-refractivity contribution in [3.8, 4) is 0 Å². The van der Waals surface area contributed by atoms with Crippen molar-refractivity contribution in [1.29, 1.82) is 0 Å². The van der Waals surface area contributed by atoms with Crippen LogP contribution >= 0.6 is 0 Å². The summed E-state index contributed by atoms with van der Waals surface area (Å²) in [6, 6.07) is 8.53. The Balaban J connectivity index is 2.51. The molecule has 2 amide bonds. The number of benzene rings is 1. The normalized spacial score (nSPS) is 11.8. The Morgan fingerprint density at radius 1 is 1.33 bits per heavy atom. The van der Waals surface area contributed by atoms with Gasteiger partial charge in [0.25, 0.3) is 5.91 Å². The van der Waals surface area contributed by atoms with E-state index in [1.54, 1.807) is 31.3 Å². The zero-order chi connectivity index (χ0) is 15.7. The third-order valence-electron chi connectivity index (χ3n) is 2.96. The third-order valence-corrected chi connectivity index (χ3v) is 2.96. The molecule has 6 heteroatoms. The maximum Gasteiger partial charge on any atom is 0.254 e. The van der Waals surface area contributed by atoms with E-state index in [-0.39, 0.29) is 31.0 Å². The van der Waals surface area contributed by atoms with Crippen LogP contribution in [0, 0.1) is 0 Å². The quantitative estimate of drug-likeness (QED) is 0.721. The summed E-state index contributed by atoms with van der Waals surface area (Å²) in [4.78, 5) is 25.4. The molecule has 0 bridgehead atoms. The maximum absolute atomic E-state index is 12.1. The van der Waals surface area contributed by atoms with E-state index in [9.17, 15) is 9.59 Å². The third kappa shape index (κ3) is 5.93. The Kier molecular flexibility index (Phi) is 7.42. The van der Waals surface area contributed by atoms with Gasteiger partial charge in [0.2, 0.25) is 5.91 Å². The molecule has 2 N–H and O–H groups in total. The van der Waals surface area contributed by atoms with Crippen LogP contribution in [0.2, 0.25) is 0 Å². The predicted molar refractivity (Wildman–Crippen MR) is 78.9 cm³/mol. The van der Waals surface area contributed by atoms with Gasteiger partial charge in [0.15, 0.2) is 0 Å². The molecule has 1 rings (SSSR count). The summed E-state index contributed by atoms with van der Waals surface area (Å²) in [6.45, 7) is 0.245. The van der Waals surface area contributed by atoms with Gasteiger partial charge in [-0.2, -0.15) is 0 Å². The summed E-state index contributed by atoms with van der Waals surface area (Å²) in [5.74, 6) is -0.492. The van der Waals surface area contributed by atoms with Gasteiger partial charge in [0.05, 0.1) is 19.2 Å². The van der Waals surface area contributed by atoms with Crippen molar-refractivity contribution >= 4 is 11.8 Å². The number of aliphatic hydroxyl groups is 1. The standard InChI is InChI=1S/C15H22N2O4/c1-17(15(20)12-6-4-3-5-7-12)10-14(19)16-13(8-9-18)11-21-2/h3-7,13,18H,8-11H2,1-2H3,(H,16,19). The second-order valence-electron chi connectivity index (χ2n) is 4.76. The molecule has 0 aromatic heterocycles. The lowest BCUT2D eigenvalue weighted by atomic mass is 10.2. The topological polar surface area (TPSA) is 78.9 Å². The van der Waals surface area contributed by atoms with Crippen molar-refractivity contribution in [2.24, 2.45) is 0 Å². The zero-order valence-corrected chi connectivity index (χ0v) is 12.4. The van der Waals surface area contributed by atoms with Gasteiger partial charge in [-0.25, -0.2) is 0 Å². The second-order valence-corrected chi connectivity index (χ2v) is 4.76. The fourth-order valence-corrected chi connectivity index (χ4v) is 1.92. The lowest BCUT2D eigenvalue weighted by Crippen LogP contribution is -2.44. The van der Waals surface area contributed by atoms with Gasteiger partial charge in [-0.1, -0.05) is 18.2 Å². The molecule has 0 radical (unpaired) electrons. The monoisotopic (exact) mass is 294 g/mol. The van der Waals surface area contributed by atoms with Crippen molar-refractivity contribution in [3.05, 3.63) is 35.9 Å². The Hall–Kier alpha value is -1.92. The first kappa shape index (κ1) is 17.1. The molecule has 1 atom stereocenters. The van der Waals surface area contributed by atoms with E-state index in [0.717, 1.165) is 0 Å². The lowest BCUT2D eigenvalue weighted by Gasteiger charge is -2.20. The highest BCUT2D eigenvalue weighted by Gasteiger charge is 2.17. The average Bonchev–Trinajstić information content (AvgIpc) is 2.47. The van der Waals surface area contributed by atoms with Gasteiger partial charge in [-0.05, 0) is 18.6 Å². The molecule has 1 unspecified atom stereocenters. The van der Waals surface area contributed by atoms with Gasteiger partial charge in [-0.15, -0.1) is 0 Å². The van der Waals surface area contributed by atoms with E-state index in [2.05, 4.69) is 5.32 Å². The first-order valence-electron chi connectivity index (χ1n) is 6.78. The fraction of sp³-hybridized carbons (Fsp3) is 0.467. The first-order valence-corrected chi connectivity index (χ1v) is 6.78. The molecule has 0 fully saturated rings. The van der Waals surface area contributed by atoms with Crippen LogP contribution in [0.1, 0.15) is 16.8 Å². The van der Waals surface area contributed by atoms with Gasteiger partial charge >= 0.3 is 0 Å². The molecule has 0 saturated heterocycles. The van der Waals surface area contributed by atoms with Crippen LogP contribution in [0.4, 0.5) is 0 Å². The van der Waals surface area contributed by atoms with Crippen molar-refractivity contribution in [3.63, 3.8) is 0 Å². The molecule has 116 valence electrons. The predicted octanol–water partition coefficient (Wildman–Crippen LogP) is 0.272. The van der Waals surface area contributed by atoms with Crippen molar-refractivity contribution in [2.75, 3.05) is 33.9 Å². The molecule has 0 aliphatic heterocycles. The number of likely N-dealkylation sites (N-methyl/N-ethyl adjacent to an activating group) is 1. The zero-order valence-electron chi connectivity index (χ0n) is 12.4. The van der Waals surface area contributed by atoms with Crippen LogP contribution in [0.3, 0.4) is 0 Å². The molecule has 0 heterocycles. The maximum atomic E-state index is 12.1. The molecule has 0 aliphatic carbocycles. The van der Waals surface area contributed by atoms with Gasteiger partial charge < -0.3 is 20.1 Å². The highest BCUT2D eigenvalue weighted by molar-refractivity contribution is 5.96. The van der Waals surface area contributed by atoms with E-state index < -0.39 is 0 Å². The molecule has 1 aromatic rings. The number of aliphatic hydroxyl groups excluding tert-OH is 1. The minimum atomic E-state index is -0.280. The Bertz CT molecular complexity index is 444. The van der Waals surface area contributed by atoms with Crippen molar-refractivity contribution in [1.82, 2.24) is 10.2 Å². The molecule has 0 saturated carbocycles. The van der Waals surface area contributed by atoms with Crippen molar-refractivity contribution in [2.45, 2.75) is 12.5 Å². The molecule has 0 spiro atoms. The summed E-state index contributed by atoms with van der Waals surface area (Å²) >= 11 is 0. The minimum absolute atomic E-state index is 0.0346. The van der Waals surface area contributed by atoms with Gasteiger partial charge in [0, 0.05) is 26.3 Å². The SMILES string of the molecule is COCC(CCO)NC(=O)CN(C)C(=O)c1ccccc1. The number of nitrogens with zero attached hydrogens (tertiary/aromatic N) is 1. The Morgan fingerprint density at radius 3 is 2.57 bits per heavy atom. The second kappa shape index (κ2) is 9.10. The summed E-state index contributed by atoms with van der Waals surface area (Å²) in [5.41, 5.74) is 0.539. The average molecular weight is 294 g/mol. The molecule has 1 aromatic carbocycles. The summed E-state index contributed by atoms with van der Waals surface area (Å²) in [6.07, 6.45) is 0.413. The number of ether oxygens (including phenoxy) is 1. The summed E-state index contributed by atoms with van der Waals surface area (Å²) < 4.78 is 4.97.